The third kappa shape index (κ3) is 5.17. The van der Waals surface area contributed by atoms with Gasteiger partial charge in [-0.15, -0.1) is 5.10 Å². The first-order valence-electron chi connectivity index (χ1n) is 14.5. The van der Waals surface area contributed by atoms with Crippen LogP contribution in [0.3, 0.4) is 0 Å². The normalized spacial score (nSPS) is 22.6. The van der Waals surface area contributed by atoms with Gasteiger partial charge in [-0.1, -0.05) is 40.6 Å². The number of nitrogens with one attached hydrogen (secondary N) is 1. The Bertz CT molecular complexity index is 1790. The summed E-state index contributed by atoms with van der Waals surface area (Å²) in [6.45, 7) is 0.284. The summed E-state index contributed by atoms with van der Waals surface area (Å²) >= 11 is 5.96. The van der Waals surface area contributed by atoms with Gasteiger partial charge in [0, 0.05) is 53.9 Å². The van der Waals surface area contributed by atoms with Crippen LogP contribution in [0.1, 0.15) is 48.2 Å². The highest BCUT2D eigenvalue weighted by Gasteiger charge is 2.44. The first-order chi connectivity index (χ1) is 21.5. The lowest BCUT2D eigenvalue weighted by Crippen LogP contribution is -2.57. The topological polar surface area (TPSA) is 118 Å². The second-order valence-electron chi connectivity index (χ2n) is 11.2. The summed E-state index contributed by atoms with van der Waals surface area (Å²) in [5.74, 6) is -1.42. The van der Waals surface area contributed by atoms with E-state index in [1.165, 1.54) is 29.3 Å². The molecule has 1 saturated heterocycles. The highest BCUT2D eigenvalue weighted by Crippen LogP contribution is 2.41. The number of piperidine rings is 1. The van der Waals surface area contributed by atoms with Crippen molar-refractivity contribution in [1.29, 1.82) is 0 Å². The Balaban J connectivity index is 1.22. The molecule has 0 radical (unpaired) electrons. The summed E-state index contributed by atoms with van der Waals surface area (Å²) in [6, 6.07) is 3.70. The molecule has 2 aromatic heterocycles. The fourth-order valence-corrected chi connectivity index (χ4v) is 6.68. The first-order valence-corrected chi connectivity index (χ1v) is 14.9. The Morgan fingerprint density at radius 2 is 2.00 bits per heavy atom. The van der Waals surface area contributed by atoms with Gasteiger partial charge in [0.15, 0.2) is 11.5 Å². The minimum absolute atomic E-state index is 0.00200. The lowest BCUT2D eigenvalue weighted by Gasteiger charge is -2.43. The molecule has 4 heterocycles. The molecular weight excluding hydrogens is 583 g/mol. The lowest BCUT2D eigenvalue weighted by atomic mass is 9.75. The van der Waals surface area contributed by atoms with Crippen LogP contribution in [0.4, 0.5) is 4.39 Å². The predicted octanol–water partition coefficient (Wildman–Crippen LogP) is 4.86. The molecule has 2 aliphatic carbocycles. The molecule has 3 atom stereocenters. The summed E-state index contributed by atoms with van der Waals surface area (Å²) in [5, 5.41) is 11.1. The maximum atomic E-state index is 14.7. The van der Waals surface area contributed by atoms with Gasteiger partial charge in [0.25, 0.3) is 5.91 Å². The number of hydrogen-bond donors (Lipinski definition) is 1. The zero-order chi connectivity index (χ0) is 30.2. The van der Waals surface area contributed by atoms with Crippen molar-refractivity contribution < 1.29 is 14.0 Å². The van der Waals surface area contributed by atoms with E-state index in [0.29, 0.717) is 19.3 Å². The smallest absolute Gasteiger partial charge is 0.276 e. The van der Waals surface area contributed by atoms with E-state index in [0.717, 1.165) is 40.9 Å². The summed E-state index contributed by atoms with van der Waals surface area (Å²) in [4.78, 5) is 42.7. The molecule has 2 amide bonds. The second-order valence-corrected chi connectivity index (χ2v) is 11.6. The number of carbonyl (C=O) groups is 2. The predicted molar refractivity (Wildman–Crippen MR) is 162 cm³/mol. The number of rotatable bonds is 5. The molecule has 2 aliphatic heterocycles. The Hall–Kier alpha value is -4.77. The van der Waals surface area contributed by atoms with Gasteiger partial charge in [0.1, 0.15) is 18.1 Å². The minimum atomic E-state index is -0.820. The van der Waals surface area contributed by atoms with Gasteiger partial charge < -0.3 is 10.2 Å². The Labute approximate surface area is 257 Å². The molecule has 44 heavy (non-hydrogen) atoms. The first kappa shape index (κ1) is 28.0. The number of carbonyl (C=O) groups excluding carboxylic acids is 2. The van der Waals surface area contributed by atoms with Crippen molar-refractivity contribution in [3.05, 3.63) is 106 Å². The van der Waals surface area contributed by atoms with Gasteiger partial charge in [-0.05, 0) is 62.0 Å². The molecule has 1 aromatic carbocycles. The fraction of sp³-hybridized carbons (Fsp3) is 0.281. The molecule has 10 nitrogen and oxygen atoms in total. The van der Waals surface area contributed by atoms with Gasteiger partial charge in [0.05, 0.1) is 11.2 Å². The number of nitrogens with zero attached hydrogens (tertiary/aromatic N) is 7. The zero-order valence-corrected chi connectivity index (χ0v) is 24.4. The molecule has 0 saturated carbocycles. The van der Waals surface area contributed by atoms with Gasteiger partial charge in [-0.3, -0.25) is 14.6 Å². The number of fused-ring (bicyclic) bond motifs is 2. The van der Waals surface area contributed by atoms with Crippen LogP contribution < -0.4 is 5.32 Å². The van der Waals surface area contributed by atoms with E-state index >= 15 is 0 Å². The molecule has 12 heteroatoms. The molecule has 0 spiro atoms. The fourth-order valence-electron chi connectivity index (χ4n) is 6.52. The van der Waals surface area contributed by atoms with E-state index in [2.05, 4.69) is 30.6 Å². The quantitative estimate of drug-likeness (QED) is 0.441. The molecule has 4 aliphatic rings. The van der Waals surface area contributed by atoms with Crippen LogP contribution in [-0.4, -0.2) is 60.5 Å². The number of halogens is 2. The van der Waals surface area contributed by atoms with E-state index in [1.54, 1.807) is 23.4 Å². The number of amides is 2. The Morgan fingerprint density at radius 3 is 2.86 bits per heavy atom. The van der Waals surface area contributed by atoms with Crippen molar-refractivity contribution >= 4 is 35.2 Å². The van der Waals surface area contributed by atoms with Gasteiger partial charge in [-0.2, -0.15) is 0 Å². The van der Waals surface area contributed by atoms with E-state index in [4.69, 9.17) is 11.6 Å². The van der Waals surface area contributed by atoms with Gasteiger partial charge >= 0.3 is 0 Å². The van der Waals surface area contributed by atoms with Crippen molar-refractivity contribution in [3.8, 4) is 5.69 Å². The van der Waals surface area contributed by atoms with Crippen LogP contribution in [-0.2, 0) is 4.79 Å². The SMILES string of the molecule is O=C(NC1=CC=C2N=CCCC2C1)[C@H]1C2CC=CC(c3cncnc3)=C2CCN1C(=O)c1cn(-c2cccc(Cl)c2F)nn1. The summed E-state index contributed by atoms with van der Waals surface area (Å²) in [7, 11) is 0. The molecule has 222 valence electrons. The van der Waals surface area contributed by atoms with Crippen LogP contribution in [0.5, 0.6) is 0 Å². The molecule has 0 bridgehead atoms. The molecule has 1 N–H and O–H groups in total. The van der Waals surface area contributed by atoms with Crippen molar-refractivity contribution in [1.82, 2.24) is 35.2 Å². The number of likely N-dealkylation sites (tertiary alicyclic amines) is 1. The number of aliphatic imine (C=N–C) groups is 1. The Kier molecular flexibility index (Phi) is 7.47. The van der Waals surface area contributed by atoms with Crippen molar-refractivity contribution in [2.75, 3.05) is 6.54 Å². The van der Waals surface area contributed by atoms with Crippen LogP contribution in [0.25, 0.3) is 11.3 Å². The second kappa shape index (κ2) is 11.7. The molecule has 3 aromatic rings. The summed E-state index contributed by atoms with van der Waals surface area (Å²) < 4.78 is 15.9. The van der Waals surface area contributed by atoms with E-state index in [9.17, 15) is 14.0 Å². The minimum Gasteiger partial charge on any atom is -0.328 e. The lowest BCUT2D eigenvalue weighted by molar-refractivity contribution is -0.127. The largest absolute Gasteiger partial charge is 0.328 e. The van der Waals surface area contributed by atoms with Gasteiger partial charge in [0.2, 0.25) is 5.91 Å². The Morgan fingerprint density at radius 1 is 1.14 bits per heavy atom. The van der Waals surface area contributed by atoms with Crippen LogP contribution in [0.15, 0.2) is 89.4 Å². The maximum absolute atomic E-state index is 14.7. The standard InChI is InChI=1S/C32H28ClFN8O2/c33-25-7-2-8-28(29(25)34)42-17-27(39-40-42)32(44)41-13-11-23-22(20-15-35-18-36-16-20)5-1-6-24(23)30(41)31(43)38-21-9-10-26-19(14-21)4-3-12-37-26/h1-2,5,7-10,12,15-19,24,30H,3-4,6,11,13-14H2,(H,38,43)/t19?,24?,30-/m1/s1. The number of aromatic nitrogens is 5. The average molecular weight is 611 g/mol. The monoisotopic (exact) mass is 610 g/mol. The van der Waals surface area contributed by atoms with Crippen molar-refractivity contribution in [2.45, 2.75) is 38.1 Å². The van der Waals surface area contributed by atoms with E-state index < -0.39 is 17.8 Å². The van der Waals surface area contributed by atoms with E-state index in [-0.39, 0.29) is 40.7 Å². The maximum Gasteiger partial charge on any atom is 0.276 e. The summed E-state index contributed by atoms with van der Waals surface area (Å²) in [5.41, 5.74) is 4.81. The number of allylic oxidation sites excluding steroid dienone is 7. The van der Waals surface area contributed by atoms with Gasteiger partial charge in [-0.25, -0.2) is 19.0 Å². The third-order valence-electron chi connectivity index (χ3n) is 8.61. The number of hydrogen-bond acceptors (Lipinski definition) is 7. The summed E-state index contributed by atoms with van der Waals surface area (Å²) in [6.07, 6.45) is 19.9. The van der Waals surface area contributed by atoms with Crippen LogP contribution >= 0.6 is 11.6 Å². The van der Waals surface area contributed by atoms with Crippen LogP contribution in [0.2, 0.25) is 5.02 Å². The van der Waals surface area contributed by atoms with Crippen molar-refractivity contribution in [2.24, 2.45) is 16.8 Å². The molecule has 2 unspecified atom stereocenters. The third-order valence-corrected chi connectivity index (χ3v) is 8.90. The number of benzene rings is 1. The molecule has 1 fully saturated rings. The molecular formula is C32H28ClFN8O2. The highest BCUT2D eigenvalue weighted by molar-refractivity contribution is 6.30. The average Bonchev–Trinajstić information content (AvgIpc) is 3.55. The highest BCUT2D eigenvalue weighted by atomic mass is 35.5. The van der Waals surface area contributed by atoms with E-state index in [1.807, 2.05) is 30.5 Å². The van der Waals surface area contributed by atoms with Crippen LogP contribution in [0, 0.1) is 17.7 Å². The zero-order valence-electron chi connectivity index (χ0n) is 23.6. The van der Waals surface area contributed by atoms with Crippen molar-refractivity contribution in [3.63, 3.8) is 0 Å². The molecule has 7 rings (SSSR count).